The molecule has 2 aliphatic rings. The van der Waals surface area contributed by atoms with Gasteiger partial charge in [0.15, 0.2) is 10.9 Å². The van der Waals surface area contributed by atoms with Crippen LogP contribution in [-0.4, -0.2) is 39.6 Å². The van der Waals surface area contributed by atoms with Crippen LogP contribution in [0.25, 0.3) is 0 Å². The van der Waals surface area contributed by atoms with Gasteiger partial charge in [-0.05, 0) is 12.8 Å². The Morgan fingerprint density at radius 1 is 1.29 bits per heavy atom. The lowest BCUT2D eigenvalue weighted by molar-refractivity contribution is -0.197. The number of hydrogen-bond donors (Lipinski definition) is 1. The standard InChI is InChI=1S/C16H28O4S/c1-11(14(18)21-15(2,3)4)13(17)12-10-19-16(20-12)8-6-5-7-9-16/h11-13,17H,5-10H2,1-4H3/t11-,12+,13+/m0/s1. The summed E-state index contributed by atoms with van der Waals surface area (Å²) in [7, 11) is 0. The van der Waals surface area contributed by atoms with Gasteiger partial charge in [-0.2, -0.15) is 0 Å². The zero-order valence-corrected chi connectivity index (χ0v) is 14.4. The molecule has 21 heavy (non-hydrogen) atoms. The molecule has 0 unspecified atom stereocenters. The van der Waals surface area contributed by atoms with E-state index in [0.717, 1.165) is 25.7 Å². The molecule has 0 bridgehead atoms. The fourth-order valence-corrected chi connectivity index (χ4v) is 3.88. The van der Waals surface area contributed by atoms with Gasteiger partial charge in [-0.25, -0.2) is 0 Å². The van der Waals surface area contributed by atoms with Crippen molar-refractivity contribution in [1.82, 2.24) is 0 Å². The van der Waals surface area contributed by atoms with E-state index in [1.165, 1.54) is 18.2 Å². The van der Waals surface area contributed by atoms with Gasteiger partial charge in [-0.1, -0.05) is 45.9 Å². The van der Waals surface area contributed by atoms with Crippen molar-refractivity contribution in [1.29, 1.82) is 0 Å². The summed E-state index contributed by atoms with van der Waals surface area (Å²) >= 11 is 1.28. The van der Waals surface area contributed by atoms with E-state index >= 15 is 0 Å². The molecular weight excluding hydrogens is 288 g/mol. The van der Waals surface area contributed by atoms with Crippen LogP contribution in [0.3, 0.4) is 0 Å². The molecule has 1 saturated heterocycles. The summed E-state index contributed by atoms with van der Waals surface area (Å²) in [4.78, 5) is 12.2. The van der Waals surface area contributed by atoms with E-state index in [1.54, 1.807) is 6.92 Å². The first-order valence-corrected chi connectivity index (χ1v) is 8.77. The molecule has 1 spiro atoms. The van der Waals surface area contributed by atoms with Crippen molar-refractivity contribution in [3.63, 3.8) is 0 Å². The van der Waals surface area contributed by atoms with Crippen molar-refractivity contribution in [2.75, 3.05) is 6.61 Å². The van der Waals surface area contributed by atoms with E-state index in [-0.39, 0.29) is 16.0 Å². The van der Waals surface area contributed by atoms with E-state index in [0.29, 0.717) is 6.61 Å². The average molecular weight is 316 g/mol. The van der Waals surface area contributed by atoms with Crippen LogP contribution in [0.15, 0.2) is 0 Å². The van der Waals surface area contributed by atoms with Crippen LogP contribution in [0.4, 0.5) is 0 Å². The van der Waals surface area contributed by atoms with E-state index in [9.17, 15) is 9.90 Å². The quantitative estimate of drug-likeness (QED) is 0.867. The molecule has 0 aromatic heterocycles. The Hall–Kier alpha value is -0.100. The molecule has 1 aliphatic heterocycles. The molecule has 0 amide bonds. The van der Waals surface area contributed by atoms with Crippen molar-refractivity contribution in [2.24, 2.45) is 5.92 Å². The van der Waals surface area contributed by atoms with Gasteiger partial charge in [0.05, 0.1) is 18.6 Å². The zero-order valence-electron chi connectivity index (χ0n) is 13.6. The Bertz CT molecular complexity index is 371. The fraction of sp³-hybridized carbons (Fsp3) is 0.938. The maximum Gasteiger partial charge on any atom is 0.194 e. The van der Waals surface area contributed by atoms with Crippen molar-refractivity contribution in [3.8, 4) is 0 Å². The van der Waals surface area contributed by atoms with Crippen LogP contribution < -0.4 is 0 Å². The fourth-order valence-electron chi connectivity index (χ4n) is 2.95. The predicted molar refractivity (Wildman–Crippen MR) is 84.2 cm³/mol. The Morgan fingerprint density at radius 3 is 2.48 bits per heavy atom. The summed E-state index contributed by atoms with van der Waals surface area (Å²) in [5, 5.41) is 10.5. The highest BCUT2D eigenvalue weighted by Crippen LogP contribution is 2.39. The molecule has 2 fully saturated rings. The van der Waals surface area contributed by atoms with Crippen molar-refractivity contribution in [2.45, 2.75) is 82.5 Å². The van der Waals surface area contributed by atoms with E-state index in [2.05, 4.69) is 0 Å². The minimum absolute atomic E-state index is 0.0168. The summed E-state index contributed by atoms with van der Waals surface area (Å²) < 4.78 is 11.7. The first-order chi connectivity index (χ1) is 9.72. The Labute approximate surface area is 132 Å². The Kier molecular flexibility index (Phi) is 5.40. The third-order valence-corrected chi connectivity index (χ3v) is 5.35. The summed E-state index contributed by atoms with van der Waals surface area (Å²) in [6, 6.07) is 0. The molecule has 2 rings (SSSR count). The molecule has 1 aliphatic carbocycles. The zero-order chi connectivity index (χ0) is 15.7. The molecule has 122 valence electrons. The number of thioether (sulfide) groups is 1. The monoisotopic (exact) mass is 316 g/mol. The molecule has 5 heteroatoms. The van der Waals surface area contributed by atoms with Crippen molar-refractivity contribution >= 4 is 16.9 Å². The normalized spacial score (nSPS) is 28.5. The van der Waals surface area contributed by atoms with Gasteiger partial charge in [0, 0.05) is 17.6 Å². The van der Waals surface area contributed by atoms with Crippen LogP contribution >= 0.6 is 11.8 Å². The minimum atomic E-state index is -0.798. The Morgan fingerprint density at radius 2 is 1.90 bits per heavy atom. The number of hydrogen-bond acceptors (Lipinski definition) is 5. The molecule has 0 aromatic carbocycles. The molecule has 1 N–H and O–H groups in total. The molecule has 4 nitrogen and oxygen atoms in total. The maximum atomic E-state index is 12.2. The lowest BCUT2D eigenvalue weighted by Crippen LogP contribution is -2.40. The first kappa shape index (κ1) is 17.3. The number of rotatable bonds is 3. The van der Waals surface area contributed by atoms with Crippen LogP contribution in [0.1, 0.15) is 59.8 Å². The van der Waals surface area contributed by atoms with Gasteiger partial charge in [0.2, 0.25) is 0 Å². The summed E-state index contributed by atoms with van der Waals surface area (Å²) in [6.07, 6.45) is 4.05. The smallest absolute Gasteiger partial charge is 0.194 e. The van der Waals surface area contributed by atoms with Gasteiger partial charge in [0.25, 0.3) is 0 Å². The van der Waals surface area contributed by atoms with Crippen molar-refractivity contribution < 1.29 is 19.4 Å². The molecule has 1 heterocycles. The molecular formula is C16H28O4S. The third kappa shape index (κ3) is 4.44. The van der Waals surface area contributed by atoms with Crippen LogP contribution in [0.2, 0.25) is 0 Å². The highest BCUT2D eigenvalue weighted by atomic mass is 32.2. The second kappa shape index (κ2) is 6.57. The second-order valence-corrected chi connectivity index (χ2v) is 9.08. The van der Waals surface area contributed by atoms with E-state index in [4.69, 9.17) is 9.47 Å². The predicted octanol–water partition coefficient (Wildman–Crippen LogP) is 3.12. The minimum Gasteiger partial charge on any atom is -0.390 e. The number of aliphatic hydroxyl groups is 1. The van der Waals surface area contributed by atoms with Gasteiger partial charge in [0.1, 0.15) is 6.10 Å². The van der Waals surface area contributed by atoms with Gasteiger partial charge >= 0.3 is 0 Å². The topological polar surface area (TPSA) is 55.8 Å². The molecule has 0 aromatic rings. The largest absolute Gasteiger partial charge is 0.390 e. The van der Waals surface area contributed by atoms with Crippen LogP contribution in [-0.2, 0) is 14.3 Å². The van der Waals surface area contributed by atoms with Gasteiger partial charge < -0.3 is 14.6 Å². The van der Waals surface area contributed by atoms with Crippen LogP contribution in [0.5, 0.6) is 0 Å². The second-order valence-electron chi connectivity index (χ2n) is 7.25. The van der Waals surface area contributed by atoms with Crippen LogP contribution in [0, 0.1) is 5.92 Å². The third-order valence-electron chi connectivity index (χ3n) is 4.16. The summed E-state index contributed by atoms with van der Waals surface area (Å²) in [6.45, 7) is 8.17. The molecule has 0 radical (unpaired) electrons. The highest BCUT2D eigenvalue weighted by Gasteiger charge is 2.46. The summed E-state index contributed by atoms with van der Waals surface area (Å²) in [5.41, 5.74) is 0. The maximum absolute atomic E-state index is 12.2. The number of carbonyl (C=O) groups is 1. The highest BCUT2D eigenvalue weighted by molar-refractivity contribution is 8.14. The van der Waals surface area contributed by atoms with Gasteiger partial charge in [-0.15, -0.1) is 0 Å². The first-order valence-electron chi connectivity index (χ1n) is 7.95. The number of carbonyl (C=O) groups excluding carboxylic acids is 1. The molecule has 3 atom stereocenters. The lowest BCUT2D eigenvalue weighted by Gasteiger charge is -2.32. The SMILES string of the molecule is C[C@H](C(=O)SC(C)(C)C)[C@@H](O)[C@H]1COC2(CCCCC2)O1. The van der Waals surface area contributed by atoms with Crippen molar-refractivity contribution in [3.05, 3.63) is 0 Å². The number of ether oxygens (including phenoxy) is 2. The lowest BCUT2D eigenvalue weighted by atomic mass is 9.94. The average Bonchev–Trinajstić information content (AvgIpc) is 2.79. The van der Waals surface area contributed by atoms with E-state index in [1.807, 2.05) is 20.8 Å². The summed E-state index contributed by atoms with van der Waals surface area (Å²) in [5.74, 6) is -0.939. The molecule has 1 saturated carbocycles. The van der Waals surface area contributed by atoms with Gasteiger partial charge in [-0.3, -0.25) is 4.79 Å². The van der Waals surface area contributed by atoms with E-state index < -0.39 is 17.8 Å². The number of aliphatic hydroxyl groups excluding tert-OH is 1. The Balaban J connectivity index is 1.91.